The first-order valence-electron chi connectivity index (χ1n) is 9.48. The second kappa shape index (κ2) is 8.96. The quantitative estimate of drug-likeness (QED) is 0.349. The van der Waals surface area contributed by atoms with Crippen LogP contribution in [-0.4, -0.2) is 29.2 Å². The van der Waals surface area contributed by atoms with Gasteiger partial charge in [0.1, 0.15) is 22.9 Å². The Morgan fingerprint density at radius 3 is 2.34 bits per heavy atom. The van der Waals surface area contributed by atoms with Gasteiger partial charge in [0, 0.05) is 21.4 Å². The van der Waals surface area contributed by atoms with E-state index in [4.69, 9.17) is 9.47 Å². The monoisotopic (exact) mass is 457 g/mol. The second-order valence-electron chi connectivity index (χ2n) is 6.71. The fourth-order valence-corrected chi connectivity index (χ4v) is 4.04. The Morgan fingerprint density at radius 1 is 0.906 bits per heavy atom. The maximum atomic E-state index is 12.8. The van der Waals surface area contributed by atoms with Crippen molar-refractivity contribution in [1.29, 1.82) is 0 Å². The van der Waals surface area contributed by atoms with E-state index in [9.17, 15) is 13.2 Å². The van der Waals surface area contributed by atoms with Gasteiger partial charge in [0.05, 0.1) is 26.0 Å². The fourth-order valence-electron chi connectivity index (χ4n) is 3.09. The molecule has 5 nitrogen and oxygen atoms in total. The Balaban J connectivity index is 1.64. The van der Waals surface area contributed by atoms with Gasteiger partial charge in [0.2, 0.25) is 0 Å². The lowest BCUT2D eigenvalue weighted by Gasteiger charge is -2.10. The Bertz CT molecular complexity index is 1220. The summed E-state index contributed by atoms with van der Waals surface area (Å²) in [4.78, 5) is 1.54. The molecule has 0 aliphatic rings. The van der Waals surface area contributed by atoms with E-state index in [0.29, 0.717) is 27.8 Å². The van der Waals surface area contributed by atoms with E-state index in [1.165, 1.54) is 23.9 Å². The lowest BCUT2D eigenvalue weighted by molar-refractivity contribution is -0.137. The van der Waals surface area contributed by atoms with Crippen molar-refractivity contribution in [3.8, 4) is 28.4 Å². The molecule has 0 atom stereocenters. The van der Waals surface area contributed by atoms with Gasteiger partial charge in [-0.2, -0.15) is 13.2 Å². The number of benzene rings is 3. The Hall–Kier alpha value is -3.46. The van der Waals surface area contributed by atoms with Crippen LogP contribution in [0.4, 0.5) is 13.2 Å². The number of nitrogens with zero attached hydrogens (tertiary/aromatic N) is 3. The zero-order valence-corrected chi connectivity index (χ0v) is 17.9. The van der Waals surface area contributed by atoms with Crippen LogP contribution in [0.15, 0.2) is 82.7 Å². The smallest absolute Gasteiger partial charge is 0.416 e. The highest BCUT2D eigenvalue weighted by Gasteiger charge is 2.30. The number of halogens is 3. The molecule has 0 N–H and O–H groups in total. The van der Waals surface area contributed by atoms with Crippen molar-refractivity contribution in [2.45, 2.75) is 16.0 Å². The highest BCUT2D eigenvalue weighted by atomic mass is 32.2. The van der Waals surface area contributed by atoms with E-state index < -0.39 is 11.7 Å². The molecule has 0 fully saturated rings. The van der Waals surface area contributed by atoms with Crippen LogP contribution in [0, 0.1) is 0 Å². The number of aromatic nitrogens is 3. The molecule has 0 amide bonds. The molecule has 4 aromatic rings. The lowest BCUT2D eigenvalue weighted by Crippen LogP contribution is -2.03. The zero-order valence-electron chi connectivity index (χ0n) is 17.1. The highest BCUT2D eigenvalue weighted by molar-refractivity contribution is 7.99. The molecule has 0 aliphatic carbocycles. The summed E-state index contributed by atoms with van der Waals surface area (Å²) < 4.78 is 50.8. The van der Waals surface area contributed by atoms with Crippen molar-refractivity contribution in [3.63, 3.8) is 0 Å². The topological polar surface area (TPSA) is 49.2 Å². The summed E-state index contributed by atoms with van der Waals surface area (Å²) in [5.74, 6) is 1.23. The van der Waals surface area contributed by atoms with Gasteiger partial charge in [-0.05, 0) is 42.5 Å². The summed E-state index contributed by atoms with van der Waals surface area (Å²) >= 11 is 1.36. The molecule has 164 valence electrons. The van der Waals surface area contributed by atoms with E-state index >= 15 is 0 Å². The minimum absolute atomic E-state index is 0.577. The normalized spacial score (nSPS) is 11.4. The van der Waals surface area contributed by atoms with Crippen molar-refractivity contribution in [3.05, 3.63) is 78.5 Å². The molecule has 0 saturated carbocycles. The van der Waals surface area contributed by atoms with E-state index in [1.807, 2.05) is 30.3 Å². The molecular weight excluding hydrogens is 439 g/mol. The van der Waals surface area contributed by atoms with Crippen molar-refractivity contribution in [2.24, 2.45) is 0 Å². The summed E-state index contributed by atoms with van der Waals surface area (Å²) in [6.45, 7) is 0. The van der Waals surface area contributed by atoms with Crippen molar-refractivity contribution in [1.82, 2.24) is 15.0 Å². The number of hydrogen-bond donors (Lipinski definition) is 0. The number of methoxy groups -OCH3 is 2. The number of alkyl halides is 3. The Morgan fingerprint density at radius 2 is 1.66 bits per heavy atom. The third kappa shape index (κ3) is 4.57. The number of hydrogen-bond acceptors (Lipinski definition) is 5. The standard InChI is InChI=1S/C23H18F3N3O2S/c1-30-16-9-12-20(21(13-16)31-2)29-14-19(27-28-29)18-5-3-4-6-22(18)32-17-10-7-15(8-11-17)23(24,25)26/h3-14H,1-2H3. The Kier molecular flexibility index (Phi) is 6.09. The summed E-state index contributed by atoms with van der Waals surface area (Å²) in [5, 5.41) is 8.52. The van der Waals surface area contributed by atoms with Gasteiger partial charge in [-0.15, -0.1) is 5.10 Å². The molecule has 0 aliphatic heterocycles. The Labute approximate surface area is 186 Å². The maximum Gasteiger partial charge on any atom is 0.416 e. The lowest BCUT2D eigenvalue weighted by atomic mass is 10.2. The van der Waals surface area contributed by atoms with Crippen LogP contribution in [0.25, 0.3) is 16.9 Å². The second-order valence-corrected chi connectivity index (χ2v) is 7.82. The van der Waals surface area contributed by atoms with Gasteiger partial charge in [-0.25, -0.2) is 4.68 Å². The average molecular weight is 457 g/mol. The van der Waals surface area contributed by atoms with Gasteiger partial charge in [-0.3, -0.25) is 0 Å². The largest absolute Gasteiger partial charge is 0.497 e. The first kappa shape index (κ1) is 21.8. The van der Waals surface area contributed by atoms with Gasteiger partial charge in [0.15, 0.2) is 0 Å². The van der Waals surface area contributed by atoms with Gasteiger partial charge < -0.3 is 9.47 Å². The van der Waals surface area contributed by atoms with Gasteiger partial charge in [-0.1, -0.05) is 35.2 Å². The van der Waals surface area contributed by atoms with Crippen LogP contribution in [-0.2, 0) is 6.18 Å². The SMILES string of the molecule is COc1ccc(-n2cc(-c3ccccc3Sc3ccc(C(F)(F)F)cc3)nn2)c(OC)c1. The molecule has 1 aromatic heterocycles. The van der Waals surface area contributed by atoms with Crippen molar-refractivity contribution >= 4 is 11.8 Å². The molecule has 0 spiro atoms. The minimum atomic E-state index is -4.36. The molecular formula is C23H18F3N3O2S. The summed E-state index contributed by atoms with van der Waals surface area (Å²) in [5.41, 5.74) is 1.46. The molecule has 1 heterocycles. The van der Waals surface area contributed by atoms with Crippen LogP contribution < -0.4 is 9.47 Å². The van der Waals surface area contributed by atoms with Crippen molar-refractivity contribution in [2.75, 3.05) is 14.2 Å². The molecule has 32 heavy (non-hydrogen) atoms. The summed E-state index contributed by atoms with van der Waals surface area (Å²) in [6.07, 6.45) is -2.58. The van der Waals surface area contributed by atoms with E-state index in [-0.39, 0.29) is 0 Å². The molecule has 0 radical (unpaired) electrons. The average Bonchev–Trinajstić information content (AvgIpc) is 3.28. The highest BCUT2D eigenvalue weighted by Crippen LogP contribution is 2.37. The van der Waals surface area contributed by atoms with E-state index in [1.54, 1.807) is 37.2 Å². The predicted octanol–water partition coefficient (Wildman–Crippen LogP) is 6.12. The van der Waals surface area contributed by atoms with Crippen LogP contribution in [0.1, 0.15) is 5.56 Å². The van der Waals surface area contributed by atoms with Crippen LogP contribution in [0.5, 0.6) is 11.5 Å². The van der Waals surface area contributed by atoms with E-state index in [0.717, 1.165) is 22.6 Å². The minimum Gasteiger partial charge on any atom is -0.497 e. The fraction of sp³-hybridized carbons (Fsp3) is 0.130. The molecule has 0 unspecified atom stereocenters. The predicted molar refractivity (Wildman–Crippen MR) is 115 cm³/mol. The number of ether oxygens (including phenoxy) is 2. The first-order valence-corrected chi connectivity index (χ1v) is 10.3. The molecule has 0 saturated heterocycles. The number of rotatable bonds is 6. The summed E-state index contributed by atoms with van der Waals surface area (Å²) in [6, 6.07) is 18.0. The molecule has 4 rings (SSSR count). The summed E-state index contributed by atoms with van der Waals surface area (Å²) in [7, 11) is 3.14. The third-order valence-corrected chi connectivity index (χ3v) is 5.78. The zero-order chi connectivity index (χ0) is 22.7. The molecule has 3 aromatic carbocycles. The maximum absolute atomic E-state index is 12.8. The first-order chi connectivity index (χ1) is 15.4. The molecule has 9 heteroatoms. The van der Waals surface area contributed by atoms with E-state index in [2.05, 4.69) is 10.3 Å². The van der Waals surface area contributed by atoms with Crippen LogP contribution in [0.3, 0.4) is 0 Å². The van der Waals surface area contributed by atoms with Crippen molar-refractivity contribution < 1.29 is 22.6 Å². The molecule has 0 bridgehead atoms. The third-order valence-electron chi connectivity index (χ3n) is 4.70. The van der Waals surface area contributed by atoms with Gasteiger partial charge in [0.25, 0.3) is 0 Å². The van der Waals surface area contributed by atoms with Crippen LogP contribution >= 0.6 is 11.8 Å². The van der Waals surface area contributed by atoms with Crippen LogP contribution in [0.2, 0.25) is 0 Å². The van der Waals surface area contributed by atoms with Gasteiger partial charge >= 0.3 is 6.18 Å².